The molecule has 0 heterocycles. The maximum Gasteiger partial charge on any atom is 0.257 e. The van der Waals surface area contributed by atoms with Crippen LogP contribution in [0.25, 0.3) is 0 Å². The van der Waals surface area contributed by atoms with E-state index in [9.17, 15) is 9.59 Å². The molecule has 0 saturated carbocycles. The van der Waals surface area contributed by atoms with E-state index in [0.29, 0.717) is 23.4 Å². The normalized spacial score (nSPS) is 10.1. The van der Waals surface area contributed by atoms with Crippen LogP contribution in [0.3, 0.4) is 0 Å². The fraction of sp³-hybridized carbons (Fsp3) is 0.286. The molecule has 142 valence electrons. The van der Waals surface area contributed by atoms with Gasteiger partial charge in [-0.2, -0.15) is 0 Å². The second kappa shape index (κ2) is 11.1. The molecule has 0 aliphatic rings. The minimum Gasteiger partial charge on any atom is -0.332 e. The largest absolute Gasteiger partial charge is 0.332 e. The number of carbonyl (C=O) groups is 2. The van der Waals surface area contributed by atoms with Crippen molar-refractivity contribution in [1.29, 1.82) is 0 Å². The van der Waals surface area contributed by atoms with E-state index in [1.807, 2.05) is 30.3 Å². The molecule has 0 unspecified atom stereocenters. The van der Waals surface area contributed by atoms with Crippen LogP contribution in [0.1, 0.15) is 49.4 Å². The second-order valence-electron chi connectivity index (χ2n) is 6.18. The summed E-state index contributed by atoms with van der Waals surface area (Å²) in [4.78, 5) is 24.5. The first-order valence-corrected chi connectivity index (χ1v) is 9.57. The lowest BCUT2D eigenvalue weighted by atomic mass is 10.1. The van der Waals surface area contributed by atoms with Gasteiger partial charge in [0.15, 0.2) is 5.11 Å². The van der Waals surface area contributed by atoms with Crippen LogP contribution in [0.5, 0.6) is 0 Å². The first-order chi connectivity index (χ1) is 13.1. The summed E-state index contributed by atoms with van der Waals surface area (Å²) in [7, 11) is 0. The summed E-state index contributed by atoms with van der Waals surface area (Å²) in [6, 6.07) is 16.3. The molecule has 0 spiro atoms. The number of carbonyl (C=O) groups excluding carboxylic acids is 2. The Labute approximate surface area is 165 Å². The van der Waals surface area contributed by atoms with Gasteiger partial charge in [0.1, 0.15) is 0 Å². The number of anilines is 2. The van der Waals surface area contributed by atoms with E-state index in [1.54, 1.807) is 24.3 Å². The van der Waals surface area contributed by atoms with Crippen molar-refractivity contribution in [3.63, 3.8) is 0 Å². The smallest absolute Gasteiger partial charge is 0.257 e. The number of benzene rings is 2. The Balaban J connectivity index is 1.93. The van der Waals surface area contributed by atoms with E-state index in [-0.39, 0.29) is 16.9 Å². The minimum absolute atomic E-state index is 0.116. The third-order valence-corrected chi connectivity index (χ3v) is 4.17. The monoisotopic (exact) mass is 383 g/mol. The van der Waals surface area contributed by atoms with Crippen LogP contribution in [-0.2, 0) is 4.79 Å². The van der Waals surface area contributed by atoms with Gasteiger partial charge in [0.2, 0.25) is 5.91 Å². The zero-order valence-electron chi connectivity index (χ0n) is 15.5. The van der Waals surface area contributed by atoms with Gasteiger partial charge >= 0.3 is 0 Å². The SMILES string of the molecule is CCCCCCC(=O)NC(=S)Nc1ccccc1C(=O)Nc1ccccc1. The Morgan fingerprint density at radius 3 is 2.33 bits per heavy atom. The van der Waals surface area contributed by atoms with Crippen molar-refractivity contribution < 1.29 is 9.59 Å². The summed E-state index contributed by atoms with van der Waals surface area (Å²) < 4.78 is 0. The standard InChI is InChI=1S/C21H25N3O2S/c1-2-3-4-8-15-19(25)24-21(27)23-18-14-10-9-13-17(18)20(26)22-16-11-6-5-7-12-16/h5-7,9-14H,2-4,8,15H2,1H3,(H,22,26)(H2,23,24,25,27). The average molecular weight is 384 g/mol. The lowest BCUT2D eigenvalue weighted by molar-refractivity contribution is -0.119. The predicted octanol–water partition coefficient (Wildman–Crippen LogP) is 4.72. The van der Waals surface area contributed by atoms with Crippen molar-refractivity contribution in [2.75, 3.05) is 10.6 Å². The highest BCUT2D eigenvalue weighted by molar-refractivity contribution is 7.80. The van der Waals surface area contributed by atoms with Crippen molar-refractivity contribution in [3.05, 3.63) is 60.2 Å². The molecular formula is C21H25N3O2S. The quantitative estimate of drug-likeness (QED) is 0.456. The van der Waals surface area contributed by atoms with E-state index in [1.165, 1.54) is 0 Å². The van der Waals surface area contributed by atoms with E-state index in [4.69, 9.17) is 12.2 Å². The van der Waals surface area contributed by atoms with Gasteiger partial charge in [0.25, 0.3) is 5.91 Å². The first kappa shape index (κ1) is 20.6. The number of nitrogens with one attached hydrogen (secondary N) is 3. The molecule has 2 aromatic carbocycles. The van der Waals surface area contributed by atoms with Crippen LogP contribution in [0.15, 0.2) is 54.6 Å². The van der Waals surface area contributed by atoms with Crippen LogP contribution >= 0.6 is 12.2 Å². The molecule has 0 fully saturated rings. The highest BCUT2D eigenvalue weighted by Crippen LogP contribution is 2.17. The van der Waals surface area contributed by atoms with E-state index >= 15 is 0 Å². The lowest BCUT2D eigenvalue weighted by Gasteiger charge is -2.13. The molecule has 2 rings (SSSR count). The molecule has 0 saturated heterocycles. The van der Waals surface area contributed by atoms with E-state index in [0.717, 1.165) is 25.7 Å². The van der Waals surface area contributed by atoms with Crippen molar-refractivity contribution in [1.82, 2.24) is 5.32 Å². The molecule has 0 radical (unpaired) electrons. The number of amides is 2. The van der Waals surface area contributed by atoms with Crippen molar-refractivity contribution >= 4 is 40.5 Å². The average Bonchev–Trinajstić information content (AvgIpc) is 2.66. The summed E-state index contributed by atoms with van der Waals surface area (Å²) in [5.41, 5.74) is 1.70. The zero-order valence-corrected chi connectivity index (χ0v) is 16.3. The fourth-order valence-electron chi connectivity index (χ4n) is 2.57. The Hall–Kier alpha value is -2.73. The Kier molecular flexibility index (Phi) is 8.45. The molecule has 2 amide bonds. The summed E-state index contributed by atoms with van der Waals surface area (Å²) >= 11 is 5.22. The fourth-order valence-corrected chi connectivity index (χ4v) is 2.79. The van der Waals surface area contributed by atoms with Gasteiger partial charge in [-0.1, -0.05) is 56.5 Å². The molecule has 0 aliphatic carbocycles. The number of hydrogen-bond donors (Lipinski definition) is 3. The van der Waals surface area contributed by atoms with Crippen LogP contribution in [0.2, 0.25) is 0 Å². The molecule has 27 heavy (non-hydrogen) atoms. The van der Waals surface area contributed by atoms with Crippen LogP contribution in [-0.4, -0.2) is 16.9 Å². The summed E-state index contributed by atoms with van der Waals surface area (Å²) in [5.74, 6) is -0.368. The number of para-hydroxylation sites is 2. The molecule has 0 aliphatic heterocycles. The molecule has 0 bridgehead atoms. The van der Waals surface area contributed by atoms with Crippen LogP contribution in [0, 0.1) is 0 Å². The van der Waals surface area contributed by atoms with E-state index < -0.39 is 0 Å². The topological polar surface area (TPSA) is 70.2 Å². The predicted molar refractivity (Wildman–Crippen MR) is 114 cm³/mol. The summed E-state index contributed by atoms with van der Waals surface area (Å²) in [6.45, 7) is 2.13. The van der Waals surface area contributed by atoms with E-state index in [2.05, 4.69) is 22.9 Å². The molecule has 0 atom stereocenters. The molecular weight excluding hydrogens is 358 g/mol. The van der Waals surface area contributed by atoms with Crippen LogP contribution < -0.4 is 16.0 Å². The maximum absolute atomic E-state index is 12.6. The molecule has 6 heteroatoms. The number of thiocarbonyl (C=S) groups is 1. The number of hydrogen-bond acceptors (Lipinski definition) is 3. The summed E-state index contributed by atoms with van der Waals surface area (Å²) in [6.07, 6.45) is 4.58. The Bertz CT molecular complexity index is 778. The third-order valence-electron chi connectivity index (χ3n) is 3.96. The molecule has 3 N–H and O–H groups in total. The molecule has 0 aromatic heterocycles. The minimum atomic E-state index is -0.252. The van der Waals surface area contributed by atoms with Gasteiger partial charge in [-0.05, 0) is 42.9 Å². The first-order valence-electron chi connectivity index (χ1n) is 9.16. The van der Waals surface area contributed by atoms with Gasteiger partial charge in [0.05, 0.1) is 11.3 Å². The Morgan fingerprint density at radius 2 is 1.59 bits per heavy atom. The molecule has 5 nitrogen and oxygen atoms in total. The maximum atomic E-state index is 12.6. The van der Waals surface area contributed by atoms with Crippen molar-refractivity contribution in [2.45, 2.75) is 39.0 Å². The number of rotatable bonds is 8. The second-order valence-corrected chi connectivity index (χ2v) is 6.59. The highest BCUT2D eigenvalue weighted by Gasteiger charge is 2.13. The zero-order chi connectivity index (χ0) is 19.5. The van der Waals surface area contributed by atoms with Gasteiger partial charge in [-0.15, -0.1) is 0 Å². The lowest BCUT2D eigenvalue weighted by Crippen LogP contribution is -2.34. The van der Waals surface area contributed by atoms with Gasteiger partial charge in [0, 0.05) is 12.1 Å². The number of unbranched alkanes of at least 4 members (excludes halogenated alkanes) is 3. The van der Waals surface area contributed by atoms with Crippen LogP contribution in [0.4, 0.5) is 11.4 Å². The van der Waals surface area contributed by atoms with Gasteiger partial charge in [-0.25, -0.2) is 0 Å². The van der Waals surface area contributed by atoms with Gasteiger partial charge in [-0.3, -0.25) is 9.59 Å². The Morgan fingerprint density at radius 1 is 0.889 bits per heavy atom. The highest BCUT2D eigenvalue weighted by atomic mass is 32.1. The van der Waals surface area contributed by atoms with Crippen molar-refractivity contribution in [3.8, 4) is 0 Å². The summed E-state index contributed by atoms with van der Waals surface area (Å²) in [5, 5.41) is 8.65. The van der Waals surface area contributed by atoms with Crippen molar-refractivity contribution in [2.24, 2.45) is 0 Å². The molecule has 2 aromatic rings. The third kappa shape index (κ3) is 7.19. The van der Waals surface area contributed by atoms with Gasteiger partial charge < -0.3 is 16.0 Å².